The molecule has 0 saturated carbocycles. The van der Waals surface area contributed by atoms with E-state index in [0.717, 1.165) is 10.8 Å². The molecule has 0 unspecified atom stereocenters. The second-order valence-electron chi connectivity index (χ2n) is 3.38. The molecule has 6 heteroatoms. The van der Waals surface area contributed by atoms with Crippen molar-refractivity contribution < 1.29 is 13.9 Å². The first-order chi connectivity index (χ1) is 7.61. The van der Waals surface area contributed by atoms with E-state index in [-0.39, 0.29) is 5.69 Å². The van der Waals surface area contributed by atoms with E-state index in [9.17, 15) is 9.18 Å². The van der Waals surface area contributed by atoms with Gasteiger partial charge in [-0.2, -0.15) is 4.98 Å². The number of halogens is 1. The molecule has 5 nitrogen and oxygen atoms in total. The average Bonchev–Trinajstić information content (AvgIpc) is 2.71. The first-order valence-electron chi connectivity index (χ1n) is 4.73. The minimum absolute atomic E-state index is 0.0755. The predicted octanol–water partition coefficient (Wildman–Crippen LogP) is 0.748. The van der Waals surface area contributed by atoms with Gasteiger partial charge in [0.05, 0.1) is 5.69 Å². The van der Waals surface area contributed by atoms with Crippen LogP contribution in [0.4, 0.5) is 4.39 Å². The highest BCUT2D eigenvalue weighted by atomic mass is 19.1. The van der Waals surface area contributed by atoms with Crippen LogP contribution in [0.1, 0.15) is 11.9 Å². The van der Waals surface area contributed by atoms with Crippen LogP contribution in [0.5, 0.6) is 0 Å². The van der Waals surface area contributed by atoms with E-state index in [2.05, 4.69) is 4.98 Å². The predicted molar refractivity (Wildman–Crippen MR) is 53.3 cm³/mol. The number of nitrogens with zero attached hydrogens (tertiary/aromatic N) is 2. The highest BCUT2D eigenvalue weighted by Gasteiger charge is 2.21. The van der Waals surface area contributed by atoms with Gasteiger partial charge in [-0.3, -0.25) is 4.57 Å². The molecule has 2 atom stereocenters. The molecular weight excluding hydrogens is 215 g/mol. The molecule has 0 saturated heterocycles. The summed E-state index contributed by atoms with van der Waals surface area (Å²) >= 11 is 0. The van der Waals surface area contributed by atoms with Gasteiger partial charge in [-0.05, 0) is 19.1 Å². The largest absolute Gasteiger partial charge is 0.352 e. The fraction of sp³-hybridized carbons (Fsp3) is 0.400. The molecule has 86 valence electrons. The van der Waals surface area contributed by atoms with Gasteiger partial charge in [0.25, 0.3) is 0 Å². The standard InChI is InChI=1S/C10H11FN2O3/c1-6-7(11)5-13(10(14)12-6)8-3-4-9(15-2)16-8/h3-5,8-9H,1-2H3/t8-,9+/m0/s1. The van der Waals surface area contributed by atoms with Crippen molar-refractivity contribution in [2.45, 2.75) is 19.4 Å². The van der Waals surface area contributed by atoms with Crippen molar-refractivity contribution in [2.75, 3.05) is 7.11 Å². The van der Waals surface area contributed by atoms with Crippen LogP contribution in [-0.2, 0) is 9.47 Å². The number of aryl methyl sites for hydroxylation is 1. The van der Waals surface area contributed by atoms with Crippen molar-refractivity contribution in [3.05, 3.63) is 40.3 Å². The SMILES string of the molecule is CO[C@H]1C=C[C@@H](n2cc(F)c(C)nc2=O)O1. The maximum absolute atomic E-state index is 13.3. The molecule has 1 aromatic heterocycles. The van der Waals surface area contributed by atoms with Crippen LogP contribution in [0.3, 0.4) is 0 Å². The molecule has 0 radical (unpaired) electrons. The second kappa shape index (κ2) is 4.15. The normalized spacial score (nSPS) is 23.9. The van der Waals surface area contributed by atoms with Crippen molar-refractivity contribution in [3.8, 4) is 0 Å². The van der Waals surface area contributed by atoms with E-state index in [0.29, 0.717) is 0 Å². The maximum Gasteiger partial charge on any atom is 0.350 e. The molecule has 0 aliphatic carbocycles. The van der Waals surface area contributed by atoms with Crippen LogP contribution >= 0.6 is 0 Å². The Bertz CT molecular complexity index is 483. The number of ether oxygens (including phenoxy) is 2. The van der Waals surface area contributed by atoms with Crippen LogP contribution < -0.4 is 5.69 Å². The Morgan fingerprint density at radius 1 is 1.56 bits per heavy atom. The Morgan fingerprint density at radius 2 is 2.31 bits per heavy atom. The number of aromatic nitrogens is 2. The minimum atomic E-state index is -0.667. The Labute approximate surface area is 91.1 Å². The summed E-state index contributed by atoms with van der Waals surface area (Å²) in [6.07, 6.45) is 3.17. The van der Waals surface area contributed by atoms with Gasteiger partial charge in [0.1, 0.15) is 0 Å². The summed E-state index contributed by atoms with van der Waals surface area (Å²) in [7, 11) is 1.48. The average molecular weight is 226 g/mol. The Balaban J connectivity index is 2.33. The summed E-state index contributed by atoms with van der Waals surface area (Å²) in [6, 6.07) is 0. The van der Waals surface area contributed by atoms with E-state index in [1.54, 1.807) is 12.2 Å². The van der Waals surface area contributed by atoms with Gasteiger partial charge in [0.15, 0.2) is 18.3 Å². The monoisotopic (exact) mass is 226 g/mol. The summed E-state index contributed by atoms with van der Waals surface area (Å²) in [5.74, 6) is -0.544. The highest BCUT2D eigenvalue weighted by molar-refractivity contribution is 5.04. The Kier molecular flexibility index (Phi) is 2.84. The van der Waals surface area contributed by atoms with Crippen molar-refractivity contribution >= 4 is 0 Å². The smallest absolute Gasteiger partial charge is 0.350 e. The maximum atomic E-state index is 13.3. The summed E-state index contributed by atoms with van der Waals surface area (Å²) in [5, 5.41) is 0. The summed E-state index contributed by atoms with van der Waals surface area (Å²) in [5.41, 5.74) is -0.475. The third-order valence-corrected chi connectivity index (χ3v) is 2.30. The highest BCUT2D eigenvalue weighted by Crippen LogP contribution is 2.19. The first-order valence-corrected chi connectivity index (χ1v) is 4.73. The fourth-order valence-electron chi connectivity index (χ4n) is 1.41. The zero-order chi connectivity index (χ0) is 11.7. The van der Waals surface area contributed by atoms with Crippen LogP contribution in [0.2, 0.25) is 0 Å². The molecule has 1 aliphatic heterocycles. The summed E-state index contributed by atoms with van der Waals surface area (Å²) in [4.78, 5) is 15.1. The molecule has 0 N–H and O–H groups in total. The molecule has 0 bridgehead atoms. The van der Waals surface area contributed by atoms with Crippen molar-refractivity contribution in [3.63, 3.8) is 0 Å². The van der Waals surface area contributed by atoms with Crippen molar-refractivity contribution in [2.24, 2.45) is 0 Å². The Morgan fingerprint density at radius 3 is 2.94 bits per heavy atom. The minimum Gasteiger partial charge on any atom is -0.352 e. The zero-order valence-corrected chi connectivity index (χ0v) is 8.88. The van der Waals surface area contributed by atoms with Crippen molar-refractivity contribution in [1.29, 1.82) is 0 Å². The van der Waals surface area contributed by atoms with Crippen LogP contribution in [0, 0.1) is 12.7 Å². The van der Waals surface area contributed by atoms with Crippen LogP contribution in [0.25, 0.3) is 0 Å². The molecule has 0 aromatic carbocycles. The molecular formula is C10H11FN2O3. The fourth-order valence-corrected chi connectivity index (χ4v) is 1.41. The second-order valence-corrected chi connectivity index (χ2v) is 3.38. The van der Waals surface area contributed by atoms with Crippen LogP contribution in [0.15, 0.2) is 23.1 Å². The summed E-state index contributed by atoms with van der Waals surface area (Å²) in [6.45, 7) is 1.43. The lowest BCUT2D eigenvalue weighted by Gasteiger charge is -2.14. The van der Waals surface area contributed by atoms with E-state index in [1.165, 1.54) is 14.0 Å². The van der Waals surface area contributed by atoms with Crippen molar-refractivity contribution in [1.82, 2.24) is 9.55 Å². The molecule has 2 heterocycles. The third-order valence-electron chi connectivity index (χ3n) is 2.30. The third kappa shape index (κ3) is 1.89. The molecule has 0 spiro atoms. The van der Waals surface area contributed by atoms with Gasteiger partial charge >= 0.3 is 5.69 Å². The van der Waals surface area contributed by atoms with Gasteiger partial charge in [0, 0.05) is 13.3 Å². The molecule has 16 heavy (non-hydrogen) atoms. The van der Waals surface area contributed by atoms with E-state index < -0.39 is 24.0 Å². The number of rotatable bonds is 2. The number of hydrogen-bond acceptors (Lipinski definition) is 4. The summed E-state index contributed by atoms with van der Waals surface area (Å²) < 4.78 is 24.6. The quantitative estimate of drug-likeness (QED) is 0.698. The molecule has 0 amide bonds. The molecule has 1 aliphatic rings. The number of methoxy groups -OCH3 is 1. The van der Waals surface area contributed by atoms with Gasteiger partial charge in [0.2, 0.25) is 0 Å². The zero-order valence-electron chi connectivity index (χ0n) is 8.88. The van der Waals surface area contributed by atoms with Gasteiger partial charge < -0.3 is 9.47 Å². The van der Waals surface area contributed by atoms with Gasteiger partial charge in [-0.1, -0.05) is 0 Å². The number of hydrogen-bond donors (Lipinski definition) is 0. The topological polar surface area (TPSA) is 53.4 Å². The molecule has 0 fully saturated rings. The van der Waals surface area contributed by atoms with Gasteiger partial charge in [-0.25, -0.2) is 9.18 Å². The van der Waals surface area contributed by atoms with E-state index >= 15 is 0 Å². The Hall–Kier alpha value is -1.53. The lowest BCUT2D eigenvalue weighted by molar-refractivity contribution is -0.119. The van der Waals surface area contributed by atoms with E-state index in [4.69, 9.17) is 9.47 Å². The molecule has 1 aromatic rings. The lowest BCUT2D eigenvalue weighted by Crippen LogP contribution is -2.28. The van der Waals surface area contributed by atoms with Gasteiger partial charge in [-0.15, -0.1) is 0 Å². The lowest BCUT2D eigenvalue weighted by atomic mass is 10.4. The first kappa shape index (κ1) is 11.0. The van der Waals surface area contributed by atoms with E-state index in [1.807, 2.05) is 0 Å². The molecule has 2 rings (SSSR count). The van der Waals surface area contributed by atoms with Crippen LogP contribution in [-0.4, -0.2) is 23.0 Å².